The number of likely N-dealkylation sites (tertiary alicyclic amines) is 1. The standard InChI is InChI=1S/C12H15NO3S2/c1-9-4-6-10(7-5-9)12(16-18(3,14)15)8-13(2)11(12)17/h4-7H,8H2,1-3H3. The Morgan fingerprint density at radius 3 is 2.28 bits per heavy atom. The highest BCUT2D eigenvalue weighted by molar-refractivity contribution is 7.86. The van der Waals surface area contributed by atoms with Crippen molar-refractivity contribution in [1.29, 1.82) is 0 Å². The highest BCUT2D eigenvalue weighted by Gasteiger charge is 2.52. The molecule has 18 heavy (non-hydrogen) atoms. The molecular weight excluding hydrogens is 270 g/mol. The second-order valence-electron chi connectivity index (χ2n) is 4.64. The average molecular weight is 285 g/mol. The van der Waals surface area contributed by atoms with Gasteiger partial charge in [0, 0.05) is 7.05 Å². The minimum atomic E-state index is -3.57. The van der Waals surface area contributed by atoms with Gasteiger partial charge in [0.15, 0.2) is 5.60 Å². The van der Waals surface area contributed by atoms with Crippen molar-refractivity contribution in [2.45, 2.75) is 12.5 Å². The summed E-state index contributed by atoms with van der Waals surface area (Å²) in [4.78, 5) is 2.30. The Balaban J connectivity index is 2.44. The van der Waals surface area contributed by atoms with Gasteiger partial charge in [0.05, 0.1) is 12.8 Å². The smallest absolute Gasteiger partial charge is 0.265 e. The number of thiocarbonyl (C=S) groups is 1. The van der Waals surface area contributed by atoms with Crippen LogP contribution in [0.5, 0.6) is 0 Å². The summed E-state index contributed by atoms with van der Waals surface area (Å²) in [7, 11) is -1.75. The van der Waals surface area contributed by atoms with Crippen LogP contribution in [0.1, 0.15) is 11.1 Å². The number of nitrogens with zero attached hydrogens (tertiary/aromatic N) is 1. The van der Waals surface area contributed by atoms with Gasteiger partial charge in [0.25, 0.3) is 10.1 Å². The lowest BCUT2D eigenvalue weighted by Crippen LogP contribution is -2.63. The Morgan fingerprint density at radius 2 is 1.89 bits per heavy atom. The number of likely N-dealkylation sites (N-methyl/N-ethyl adjacent to an activating group) is 1. The SMILES string of the molecule is Cc1ccc(C2(OS(C)(=O)=O)CN(C)C2=S)cc1. The average Bonchev–Trinajstić information content (AvgIpc) is 2.27. The first-order valence-electron chi connectivity index (χ1n) is 5.48. The summed E-state index contributed by atoms with van der Waals surface area (Å²) in [6.45, 7) is 2.42. The van der Waals surface area contributed by atoms with E-state index in [-0.39, 0.29) is 0 Å². The molecule has 0 radical (unpaired) electrons. The fourth-order valence-electron chi connectivity index (χ4n) is 2.10. The molecule has 0 aliphatic carbocycles. The molecule has 0 aromatic heterocycles. The largest absolute Gasteiger partial charge is 0.363 e. The zero-order chi connectivity index (χ0) is 13.6. The van der Waals surface area contributed by atoms with Crippen LogP contribution in [0.3, 0.4) is 0 Å². The molecule has 0 bridgehead atoms. The highest BCUT2D eigenvalue weighted by atomic mass is 32.2. The van der Waals surface area contributed by atoms with E-state index in [1.54, 1.807) is 4.90 Å². The number of rotatable bonds is 3. The predicted octanol–water partition coefficient (Wildman–Crippen LogP) is 1.44. The topological polar surface area (TPSA) is 46.6 Å². The van der Waals surface area contributed by atoms with Crippen molar-refractivity contribution in [1.82, 2.24) is 4.90 Å². The Labute approximate surface area is 113 Å². The molecule has 4 nitrogen and oxygen atoms in total. The van der Waals surface area contributed by atoms with Gasteiger partial charge in [0.2, 0.25) is 0 Å². The summed E-state index contributed by atoms with van der Waals surface area (Å²) in [5.74, 6) is 0. The Hall–Kier alpha value is -0.980. The van der Waals surface area contributed by atoms with Crippen LogP contribution in [0, 0.1) is 6.92 Å². The molecule has 1 aromatic rings. The summed E-state index contributed by atoms with van der Waals surface area (Å²) in [6, 6.07) is 7.56. The molecule has 1 fully saturated rings. The van der Waals surface area contributed by atoms with Crippen molar-refractivity contribution in [2.24, 2.45) is 0 Å². The minimum absolute atomic E-state index is 0.446. The Bertz CT molecular complexity index is 580. The summed E-state index contributed by atoms with van der Waals surface area (Å²) in [6.07, 6.45) is 1.05. The number of hydrogen-bond donors (Lipinski definition) is 0. The fraction of sp³-hybridized carbons (Fsp3) is 0.417. The molecule has 1 saturated heterocycles. The van der Waals surface area contributed by atoms with Crippen LogP contribution in [0.4, 0.5) is 0 Å². The molecule has 1 aromatic carbocycles. The predicted molar refractivity (Wildman–Crippen MR) is 74.0 cm³/mol. The number of aryl methyl sites for hydroxylation is 1. The minimum Gasteiger partial charge on any atom is -0.363 e. The highest BCUT2D eigenvalue weighted by Crippen LogP contribution is 2.38. The third kappa shape index (κ3) is 2.28. The first kappa shape index (κ1) is 13.5. The normalized spacial score (nSPS) is 23.9. The molecule has 1 unspecified atom stereocenters. The van der Waals surface area contributed by atoms with Gasteiger partial charge in [-0.25, -0.2) is 4.18 Å². The van der Waals surface area contributed by atoms with Crippen molar-refractivity contribution >= 4 is 27.3 Å². The van der Waals surface area contributed by atoms with E-state index in [1.165, 1.54) is 0 Å². The molecule has 1 aliphatic rings. The van der Waals surface area contributed by atoms with Crippen LogP contribution < -0.4 is 0 Å². The summed E-state index contributed by atoms with van der Waals surface area (Å²) in [5, 5.41) is 0. The van der Waals surface area contributed by atoms with E-state index >= 15 is 0 Å². The van der Waals surface area contributed by atoms with Gasteiger partial charge < -0.3 is 4.90 Å². The molecule has 1 aliphatic heterocycles. The van der Waals surface area contributed by atoms with Crippen LogP contribution in [-0.4, -0.2) is 38.2 Å². The fourth-order valence-corrected chi connectivity index (χ4v) is 3.18. The molecule has 6 heteroatoms. The van der Waals surface area contributed by atoms with Gasteiger partial charge in [-0.3, -0.25) is 0 Å². The summed E-state index contributed by atoms with van der Waals surface area (Å²) < 4.78 is 28.1. The van der Waals surface area contributed by atoms with E-state index < -0.39 is 15.7 Å². The maximum Gasteiger partial charge on any atom is 0.265 e. The molecular formula is C12H15NO3S2. The van der Waals surface area contributed by atoms with E-state index in [0.717, 1.165) is 17.4 Å². The van der Waals surface area contributed by atoms with Gasteiger partial charge in [-0.1, -0.05) is 42.0 Å². The lowest BCUT2D eigenvalue weighted by Gasteiger charge is -2.48. The lowest BCUT2D eigenvalue weighted by molar-refractivity contribution is 0.0679. The van der Waals surface area contributed by atoms with E-state index in [2.05, 4.69) is 0 Å². The lowest BCUT2D eigenvalue weighted by atomic mass is 9.86. The number of benzene rings is 1. The molecule has 98 valence electrons. The third-order valence-electron chi connectivity index (χ3n) is 2.96. The monoisotopic (exact) mass is 285 g/mol. The van der Waals surface area contributed by atoms with Crippen LogP contribution in [0.15, 0.2) is 24.3 Å². The van der Waals surface area contributed by atoms with E-state index in [9.17, 15) is 8.42 Å². The molecule has 0 spiro atoms. The maximum absolute atomic E-state index is 11.4. The van der Waals surface area contributed by atoms with Crippen LogP contribution >= 0.6 is 12.2 Å². The van der Waals surface area contributed by atoms with Crippen molar-refractivity contribution in [3.8, 4) is 0 Å². The van der Waals surface area contributed by atoms with Crippen molar-refractivity contribution in [2.75, 3.05) is 19.8 Å². The summed E-state index contributed by atoms with van der Waals surface area (Å²) >= 11 is 5.26. The van der Waals surface area contributed by atoms with Gasteiger partial charge in [0.1, 0.15) is 4.99 Å². The van der Waals surface area contributed by atoms with Crippen molar-refractivity contribution in [3.05, 3.63) is 35.4 Å². The second kappa shape index (κ2) is 4.29. The van der Waals surface area contributed by atoms with Crippen LogP contribution in [-0.2, 0) is 19.9 Å². The maximum atomic E-state index is 11.4. The third-order valence-corrected chi connectivity index (χ3v) is 4.19. The van der Waals surface area contributed by atoms with Crippen LogP contribution in [0.2, 0.25) is 0 Å². The molecule has 0 amide bonds. The first-order valence-corrected chi connectivity index (χ1v) is 7.70. The molecule has 2 rings (SSSR count). The Kier molecular flexibility index (Phi) is 3.21. The zero-order valence-corrected chi connectivity index (χ0v) is 12.1. The Morgan fingerprint density at radius 1 is 1.33 bits per heavy atom. The number of hydrogen-bond acceptors (Lipinski definition) is 4. The molecule has 1 heterocycles. The van der Waals surface area contributed by atoms with Gasteiger partial charge in [-0.2, -0.15) is 8.42 Å². The van der Waals surface area contributed by atoms with Gasteiger partial charge >= 0.3 is 0 Å². The van der Waals surface area contributed by atoms with Gasteiger partial charge in [-0.15, -0.1) is 0 Å². The summed E-state index contributed by atoms with van der Waals surface area (Å²) in [5.41, 5.74) is 0.874. The van der Waals surface area contributed by atoms with Crippen molar-refractivity contribution in [3.63, 3.8) is 0 Å². The zero-order valence-electron chi connectivity index (χ0n) is 10.5. The second-order valence-corrected chi connectivity index (χ2v) is 6.60. The molecule has 0 saturated carbocycles. The van der Waals surface area contributed by atoms with Gasteiger partial charge in [-0.05, 0) is 12.5 Å². The quantitative estimate of drug-likeness (QED) is 0.621. The van der Waals surface area contributed by atoms with E-state index in [4.69, 9.17) is 16.4 Å². The van der Waals surface area contributed by atoms with E-state index in [1.807, 2.05) is 38.2 Å². The van der Waals surface area contributed by atoms with Crippen LogP contribution in [0.25, 0.3) is 0 Å². The first-order chi connectivity index (χ1) is 8.24. The molecule has 1 atom stereocenters. The van der Waals surface area contributed by atoms with Crippen molar-refractivity contribution < 1.29 is 12.6 Å². The van der Waals surface area contributed by atoms with E-state index in [0.29, 0.717) is 11.5 Å². The molecule has 0 N–H and O–H groups in total.